The van der Waals surface area contributed by atoms with Crippen LogP contribution in [0.3, 0.4) is 0 Å². The molecule has 1 aliphatic rings. The summed E-state index contributed by atoms with van der Waals surface area (Å²) >= 11 is 0. The molecule has 3 rings (SSSR count). The number of nitrogens with zero attached hydrogens (tertiary/aromatic N) is 1. The molecule has 0 saturated carbocycles. The fourth-order valence-corrected chi connectivity index (χ4v) is 2.44. The van der Waals surface area contributed by atoms with Crippen LogP contribution >= 0.6 is 0 Å². The Morgan fingerprint density at radius 2 is 1.48 bits per heavy atom. The maximum Gasteiger partial charge on any atom is 0.261 e. The Hall–Kier alpha value is -2.68. The van der Waals surface area contributed by atoms with E-state index in [1.807, 2.05) is 55.5 Å². The van der Waals surface area contributed by atoms with Crippen LogP contribution in [0, 0.1) is 6.92 Å². The van der Waals surface area contributed by atoms with Gasteiger partial charge >= 0.3 is 0 Å². The fraction of sp³-hybridized carbons (Fsp3) is 0.111. The lowest BCUT2D eigenvalue weighted by atomic mass is 9.92. The van der Waals surface area contributed by atoms with E-state index in [1.165, 1.54) is 17.5 Å². The fourth-order valence-electron chi connectivity index (χ4n) is 2.44. The maximum absolute atomic E-state index is 12.4. The van der Waals surface area contributed by atoms with E-state index >= 15 is 0 Å². The second-order valence-electron chi connectivity index (χ2n) is 5.18. The Kier molecular flexibility index (Phi) is 3.18. The van der Waals surface area contributed by atoms with Gasteiger partial charge in [0.25, 0.3) is 11.8 Å². The van der Waals surface area contributed by atoms with Gasteiger partial charge in [-0.2, -0.15) is 0 Å². The minimum absolute atomic E-state index is 0.253. The summed E-state index contributed by atoms with van der Waals surface area (Å²) in [6.45, 7) is 2.02. The second-order valence-corrected chi connectivity index (χ2v) is 5.18. The Labute approximate surface area is 123 Å². The van der Waals surface area contributed by atoms with Gasteiger partial charge in [0, 0.05) is 18.2 Å². The van der Waals surface area contributed by atoms with E-state index in [0.29, 0.717) is 16.7 Å². The molecule has 2 amide bonds. The molecule has 3 nitrogen and oxygen atoms in total. The van der Waals surface area contributed by atoms with Crippen molar-refractivity contribution in [2.75, 3.05) is 7.05 Å². The summed E-state index contributed by atoms with van der Waals surface area (Å²) in [6.07, 6.45) is 1.84. The van der Waals surface area contributed by atoms with Crippen LogP contribution in [0.25, 0.3) is 11.6 Å². The number of fused-ring (bicyclic) bond motifs is 1. The van der Waals surface area contributed by atoms with Gasteiger partial charge in [0.15, 0.2) is 0 Å². The number of imide groups is 1. The van der Waals surface area contributed by atoms with E-state index in [9.17, 15) is 9.59 Å². The summed E-state index contributed by atoms with van der Waals surface area (Å²) in [5.41, 5.74) is 3.93. The molecule has 0 N–H and O–H groups in total. The number of amides is 2. The summed E-state index contributed by atoms with van der Waals surface area (Å²) < 4.78 is 0. The van der Waals surface area contributed by atoms with Crippen molar-refractivity contribution in [1.29, 1.82) is 0 Å². The van der Waals surface area contributed by atoms with E-state index in [2.05, 4.69) is 0 Å². The van der Waals surface area contributed by atoms with Crippen LogP contribution in [0.1, 0.15) is 27.0 Å². The van der Waals surface area contributed by atoms with Crippen molar-refractivity contribution in [3.63, 3.8) is 0 Å². The van der Waals surface area contributed by atoms with Crippen molar-refractivity contribution in [2.45, 2.75) is 6.92 Å². The molecule has 0 unspecified atom stereocenters. The largest absolute Gasteiger partial charge is 0.277 e. The van der Waals surface area contributed by atoms with Gasteiger partial charge in [-0.25, -0.2) is 0 Å². The third-order valence-electron chi connectivity index (χ3n) is 3.68. The van der Waals surface area contributed by atoms with E-state index in [0.717, 1.165) is 5.56 Å². The SMILES string of the molecule is Cc1ccc(/C=C2/C(=O)N(C)C(=O)c3ccccc32)cc1. The molecular weight excluding hydrogens is 262 g/mol. The third kappa shape index (κ3) is 2.27. The van der Waals surface area contributed by atoms with Crippen LogP contribution < -0.4 is 0 Å². The van der Waals surface area contributed by atoms with E-state index in [1.54, 1.807) is 6.07 Å². The van der Waals surface area contributed by atoms with Crippen LogP contribution in [0.4, 0.5) is 0 Å². The van der Waals surface area contributed by atoms with Gasteiger partial charge < -0.3 is 0 Å². The van der Waals surface area contributed by atoms with Crippen molar-refractivity contribution in [3.8, 4) is 0 Å². The van der Waals surface area contributed by atoms with Gasteiger partial charge in [-0.3, -0.25) is 14.5 Å². The molecule has 0 atom stereocenters. The summed E-state index contributed by atoms with van der Waals surface area (Å²) in [5.74, 6) is -0.518. The molecule has 1 heterocycles. The number of hydrogen-bond donors (Lipinski definition) is 0. The molecular formula is C18H15NO2. The highest BCUT2D eigenvalue weighted by molar-refractivity contribution is 6.33. The first-order valence-electron chi connectivity index (χ1n) is 6.78. The number of benzene rings is 2. The molecule has 21 heavy (non-hydrogen) atoms. The number of likely N-dealkylation sites (N-methyl/N-ethyl adjacent to an activating group) is 1. The Morgan fingerprint density at radius 3 is 2.14 bits per heavy atom. The van der Waals surface area contributed by atoms with Crippen molar-refractivity contribution in [1.82, 2.24) is 4.90 Å². The molecule has 0 fully saturated rings. The van der Waals surface area contributed by atoms with Crippen LogP contribution in [-0.2, 0) is 4.79 Å². The van der Waals surface area contributed by atoms with Gasteiger partial charge in [-0.05, 0) is 30.2 Å². The molecule has 2 aromatic rings. The zero-order valence-corrected chi connectivity index (χ0v) is 12.0. The first-order chi connectivity index (χ1) is 10.1. The van der Waals surface area contributed by atoms with E-state index < -0.39 is 0 Å². The number of carbonyl (C=O) groups is 2. The second kappa shape index (κ2) is 5.02. The Bertz CT molecular complexity index is 757. The number of carbonyl (C=O) groups excluding carboxylic acids is 2. The van der Waals surface area contributed by atoms with Crippen molar-refractivity contribution >= 4 is 23.5 Å². The van der Waals surface area contributed by atoms with Gasteiger partial charge in [-0.1, -0.05) is 48.0 Å². The minimum Gasteiger partial charge on any atom is -0.277 e. The molecule has 0 aromatic heterocycles. The lowest BCUT2D eigenvalue weighted by Crippen LogP contribution is -2.38. The average Bonchev–Trinajstić information content (AvgIpc) is 2.51. The molecule has 1 aliphatic heterocycles. The molecule has 3 heteroatoms. The van der Waals surface area contributed by atoms with Gasteiger partial charge in [0.05, 0.1) is 0 Å². The number of hydrogen-bond acceptors (Lipinski definition) is 2. The molecule has 2 aromatic carbocycles. The predicted octanol–water partition coefficient (Wildman–Crippen LogP) is 3.15. The topological polar surface area (TPSA) is 37.4 Å². The number of rotatable bonds is 1. The van der Waals surface area contributed by atoms with E-state index in [-0.39, 0.29) is 11.8 Å². The maximum atomic E-state index is 12.4. The van der Waals surface area contributed by atoms with Gasteiger partial charge in [0.2, 0.25) is 0 Å². The predicted molar refractivity (Wildman–Crippen MR) is 82.6 cm³/mol. The molecule has 104 valence electrons. The normalized spacial score (nSPS) is 16.3. The highest BCUT2D eigenvalue weighted by atomic mass is 16.2. The molecule has 0 bridgehead atoms. The van der Waals surface area contributed by atoms with E-state index in [4.69, 9.17) is 0 Å². The standard InChI is InChI=1S/C18H15NO2/c1-12-7-9-13(10-8-12)11-16-14-5-3-4-6-15(14)17(20)19(2)18(16)21/h3-11H,1-2H3/b16-11+. The van der Waals surface area contributed by atoms with Crippen LogP contribution in [0.5, 0.6) is 0 Å². The van der Waals surface area contributed by atoms with Crippen LogP contribution in [0.2, 0.25) is 0 Å². The first-order valence-corrected chi connectivity index (χ1v) is 6.78. The molecule has 0 aliphatic carbocycles. The highest BCUT2D eigenvalue weighted by Crippen LogP contribution is 2.29. The Morgan fingerprint density at radius 1 is 0.857 bits per heavy atom. The summed E-state index contributed by atoms with van der Waals surface area (Å²) in [7, 11) is 1.52. The third-order valence-corrected chi connectivity index (χ3v) is 3.68. The number of aryl methyl sites for hydroxylation is 1. The van der Waals surface area contributed by atoms with Gasteiger partial charge in [0.1, 0.15) is 0 Å². The summed E-state index contributed by atoms with van der Waals surface area (Å²) in [5, 5.41) is 0. The molecule has 0 spiro atoms. The summed E-state index contributed by atoms with van der Waals surface area (Å²) in [4.78, 5) is 25.7. The van der Waals surface area contributed by atoms with Crippen molar-refractivity contribution in [3.05, 3.63) is 70.8 Å². The molecule has 0 saturated heterocycles. The summed E-state index contributed by atoms with van der Waals surface area (Å²) in [6, 6.07) is 15.2. The zero-order chi connectivity index (χ0) is 15.0. The monoisotopic (exact) mass is 277 g/mol. The molecule has 0 radical (unpaired) electrons. The highest BCUT2D eigenvalue weighted by Gasteiger charge is 2.31. The smallest absolute Gasteiger partial charge is 0.261 e. The first kappa shape index (κ1) is 13.3. The Balaban J connectivity index is 2.17. The van der Waals surface area contributed by atoms with Crippen LogP contribution in [0.15, 0.2) is 48.5 Å². The van der Waals surface area contributed by atoms with Gasteiger partial charge in [-0.15, -0.1) is 0 Å². The zero-order valence-electron chi connectivity index (χ0n) is 12.0. The lowest BCUT2D eigenvalue weighted by Gasteiger charge is -2.25. The lowest BCUT2D eigenvalue weighted by molar-refractivity contribution is -0.121. The average molecular weight is 277 g/mol. The van der Waals surface area contributed by atoms with Crippen molar-refractivity contribution < 1.29 is 9.59 Å². The van der Waals surface area contributed by atoms with Crippen LogP contribution in [-0.4, -0.2) is 23.8 Å². The minimum atomic E-state index is -0.265. The van der Waals surface area contributed by atoms with Crippen molar-refractivity contribution in [2.24, 2.45) is 0 Å². The quantitative estimate of drug-likeness (QED) is 0.593.